The Labute approximate surface area is 130 Å². The molecule has 0 spiro atoms. The molecule has 1 N–H and O–H groups in total. The van der Waals surface area contributed by atoms with Crippen LogP contribution in [0.2, 0.25) is 0 Å². The minimum atomic E-state index is 0.453. The second-order valence-corrected chi connectivity index (χ2v) is 7.34. The highest BCUT2D eigenvalue weighted by Crippen LogP contribution is 2.36. The van der Waals surface area contributed by atoms with E-state index in [4.69, 9.17) is 4.42 Å². The van der Waals surface area contributed by atoms with Crippen LogP contribution in [0.3, 0.4) is 0 Å². The smallest absolute Gasteiger partial charge is 0.117 e. The number of furan rings is 1. The standard InChI is InChI=1S/C18H32N2O/c1-16(2)12-19-14-18(9-5-4-6-10-18)15-20(3)13-17-8-7-11-21-17/h7-8,11,16,19H,4-6,9-10,12-15H2,1-3H3. The van der Waals surface area contributed by atoms with E-state index in [1.54, 1.807) is 6.26 Å². The van der Waals surface area contributed by atoms with Crippen molar-refractivity contribution in [1.82, 2.24) is 10.2 Å². The van der Waals surface area contributed by atoms with Crippen molar-refractivity contribution in [1.29, 1.82) is 0 Å². The van der Waals surface area contributed by atoms with Gasteiger partial charge in [-0.2, -0.15) is 0 Å². The van der Waals surface area contributed by atoms with Gasteiger partial charge in [-0.3, -0.25) is 4.90 Å². The van der Waals surface area contributed by atoms with Crippen molar-refractivity contribution in [2.45, 2.75) is 52.5 Å². The van der Waals surface area contributed by atoms with Crippen molar-refractivity contribution < 1.29 is 4.42 Å². The molecule has 1 aliphatic carbocycles. The van der Waals surface area contributed by atoms with E-state index in [-0.39, 0.29) is 0 Å². The molecule has 0 bridgehead atoms. The van der Waals surface area contributed by atoms with Gasteiger partial charge in [0.05, 0.1) is 12.8 Å². The van der Waals surface area contributed by atoms with E-state index in [1.807, 2.05) is 6.07 Å². The maximum absolute atomic E-state index is 5.48. The first-order valence-corrected chi connectivity index (χ1v) is 8.51. The fourth-order valence-electron chi connectivity index (χ4n) is 3.62. The summed E-state index contributed by atoms with van der Waals surface area (Å²) in [5, 5.41) is 3.71. The number of hydrogen-bond donors (Lipinski definition) is 1. The number of hydrogen-bond acceptors (Lipinski definition) is 3. The van der Waals surface area contributed by atoms with Crippen LogP contribution in [0.5, 0.6) is 0 Å². The van der Waals surface area contributed by atoms with E-state index in [9.17, 15) is 0 Å². The Balaban J connectivity index is 1.88. The van der Waals surface area contributed by atoms with E-state index in [0.29, 0.717) is 5.41 Å². The minimum absolute atomic E-state index is 0.453. The summed E-state index contributed by atoms with van der Waals surface area (Å²) >= 11 is 0. The number of nitrogens with one attached hydrogen (secondary N) is 1. The van der Waals surface area contributed by atoms with Gasteiger partial charge in [0.25, 0.3) is 0 Å². The molecule has 0 saturated heterocycles. The summed E-state index contributed by atoms with van der Waals surface area (Å²) < 4.78 is 5.48. The molecule has 1 heterocycles. The zero-order valence-corrected chi connectivity index (χ0v) is 14.0. The van der Waals surface area contributed by atoms with Crippen LogP contribution in [0.25, 0.3) is 0 Å². The molecule has 120 valence electrons. The van der Waals surface area contributed by atoms with Crippen LogP contribution in [0.1, 0.15) is 51.7 Å². The Hall–Kier alpha value is -0.800. The molecule has 0 atom stereocenters. The minimum Gasteiger partial charge on any atom is -0.468 e. The summed E-state index contributed by atoms with van der Waals surface area (Å²) in [7, 11) is 2.22. The van der Waals surface area contributed by atoms with E-state index < -0.39 is 0 Å². The Morgan fingerprint density at radius 3 is 2.67 bits per heavy atom. The first kappa shape index (κ1) is 16.6. The molecular weight excluding hydrogens is 260 g/mol. The molecule has 0 radical (unpaired) electrons. The second kappa shape index (κ2) is 8.00. The van der Waals surface area contributed by atoms with Crippen molar-refractivity contribution in [3.05, 3.63) is 24.2 Å². The molecule has 2 rings (SSSR count). The molecule has 1 aliphatic rings. The Morgan fingerprint density at radius 1 is 1.29 bits per heavy atom. The second-order valence-electron chi connectivity index (χ2n) is 7.34. The van der Waals surface area contributed by atoms with E-state index in [2.05, 4.69) is 37.2 Å². The maximum Gasteiger partial charge on any atom is 0.117 e. The highest BCUT2D eigenvalue weighted by molar-refractivity contribution is 4.98. The topological polar surface area (TPSA) is 28.4 Å². The van der Waals surface area contributed by atoms with Crippen LogP contribution in [-0.4, -0.2) is 31.6 Å². The molecule has 1 saturated carbocycles. The molecule has 0 amide bonds. The summed E-state index contributed by atoms with van der Waals surface area (Å²) in [6, 6.07) is 4.05. The highest BCUT2D eigenvalue weighted by Gasteiger charge is 2.32. The van der Waals surface area contributed by atoms with Crippen LogP contribution in [0, 0.1) is 11.3 Å². The summed E-state index contributed by atoms with van der Waals surface area (Å²) in [4.78, 5) is 2.43. The molecule has 1 aromatic heterocycles. The van der Waals surface area contributed by atoms with Crippen molar-refractivity contribution in [3.8, 4) is 0 Å². The lowest BCUT2D eigenvalue weighted by Gasteiger charge is -2.40. The zero-order chi connectivity index (χ0) is 15.1. The molecule has 0 unspecified atom stereocenters. The number of nitrogens with zero attached hydrogens (tertiary/aromatic N) is 1. The third kappa shape index (κ3) is 5.48. The Morgan fingerprint density at radius 2 is 2.05 bits per heavy atom. The molecule has 1 aromatic rings. The molecule has 3 heteroatoms. The van der Waals surface area contributed by atoms with Crippen molar-refractivity contribution >= 4 is 0 Å². The van der Waals surface area contributed by atoms with Gasteiger partial charge in [-0.05, 0) is 49.9 Å². The molecule has 0 aromatic carbocycles. The summed E-state index contributed by atoms with van der Waals surface area (Å²) in [6.45, 7) is 8.93. The van der Waals surface area contributed by atoms with Gasteiger partial charge >= 0.3 is 0 Å². The van der Waals surface area contributed by atoms with Gasteiger partial charge in [-0.25, -0.2) is 0 Å². The predicted molar refractivity (Wildman–Crippen MR) is 88.3 cm³/mol. The van der Waals surface area contributed by atoms with Crippen LogP contribution in [0.4, 0.5) is 0 Å². The lowest BCUT2D eigenvalue weighted by molar-refractivity contribution is 0.109. The predicted octanol–water partition coefficient (Wildman–Crippen LogP) is 3.91. The molecular formula is C18H32N2O. The SMILES string of the molecule is CC(C)CNCC1(CN(C)Cc2ccco2)CCCCC1. The van der Waals surface area contributed by atoms with Gasteiger partial charge in [0.1, 0.15) is 5.76 Å². The van der Waals surface area contributed by atoms with Gasteiger partial charge in [-0.1, -0.05) is 33.1 Å². The molecule has 0 aliphatic heterocycles. The molecule has 3 nitrogen and oxygen atoms in total. The van der Waals surface area contributed by atoms with Gasteiger partial charge in [0, 0.05) is 13.1 Å². The average Bonchev–Trinajstić information content (AvgIpc) is 2.91. The van der Waals surface area contributed by atoms with Crippen LogP contribution in [-0.2, 0) is 6.54 Å². The summed E-state index contributed by atoms with van der Waals surface area (Å²) in [5.41, 5.74) is 0.453. The first-order valence-electron chi connectivity index (χ1n) is 8.51. The lowest BCUT2D eigenvalue weighted by Crippen LogP contribution is -2.44. The quantitative estimate of drug-likeness (QED) is 0.787. The van der Waals surface area contributed by atoms with Crippen molar-refractivity contribution in [3.63, 3.8) is 0 Å². The first-order chi connectivity index (χ1) is 10.1. The van der Waals surface area contributed by atoms with E-state index in [0.717, 1.165) is 31.3 Å². The Bertz CT molecular complexity index is 380. The Kier molecular flexibility index (Phi) is 6.31. The van der Waals surface area contributed by atoms with Crippen molar-refractivity contribution in [2.24, 2.45) is 11.3 Å². The van der Waals surface area contributed by atoms with E-state index >= 15 is 0 Å². The fraction of sp³-hybridized carbons (Fsp3) is 0.778. The fourth-order valence-corrected chi connectivity index (χ4v) is 3.62. The van der Waals surface area contributed by atoms with Crippen molar-refractivity contribution in [2.75, 3.05) is 26.7 Å². The zero-order valence-electron chi connectivity index (χ0n) is 14.0. The van der Waals surface area contributed by atoms with Gasteiger partial charge in [0.15, 0.2) is 0 Å². The normalized spacial score (nSPS) is 18.5. The van der Waals surface area contributed by atoms with E-state index in [1.165, 1.54) is 38.6 Å². The van der Waals surface area contributed by atoms with Crippen LogP contribution < -0.4 is 5.32 Å². The highest BCUT2D eigenvalue weighted by atomic mass is 16.3. The third-order valence-electron chi connectivity index (χ3n) is 4.58. The molecule has 21 heavy (non-hydrogen) atoms. The molecule has 1 fully saturated rings. The summed E-state index contributed by atoms with van der Waals surface area (Å²) in [6.07, 6.45) is 8.68. The largest absolute Gasteiger partial charge is 0.468 e. The van der Waals surface area contributed by atoms with Crippen LogP contribution >= 0.6 is 0 Å². The van der Waals surface area contributed by atoms with Gasteiger partial charge in [0.2, 0.25) is 0 Å². The number of rotatable bonds is 8. The van der Waals surface area contributed by atoms with Crippen LogP contribution in [0.15, 0.2) is 22.8 Å². The van der Waals surface area contributed by atoms with Gasteiger partial charge < -0.3 is 9.73 Å². The third-order valence-corrected chi connectivity index (χ3v) is 4.58. The average molecular weight is 292 g/mol. The lowest BCUT2D eigenvalue weighted by atomic mass is 9.73. The summed E-state index contributed by atoms with van der Waals surface area (Å²) in [5.74, 6) is 1.80. The van der Waals surface area contributed by atoms with Gasteiger partial charge in [-0.15, -0.1) is 0 Å². The maximum atomic E-state index is 5.48. The monoisotopic (exact) mass is 292 g/mol.